The zero-order valence-corrected chi connectivity index (χ0v) is 9.88. The van der Waals surface area contributed by atoms with Crippen molar-refractivity contribution in [3.63, 3.8) is 0 Å². The first-order valence-electron chi connectivity index (χ1n) is 5.38. The number of halogens is 3. The Labute approximate surface area is 103 Å². The Hall–Kier alpha value is -1.56. The number of carbonyl (C=O) groups is 1. The number of anilines is 1. The second-order valence-corrected chi connectivity index (χ2v) is 3.78. The maximum absolute atomic E-state index is 11.8. The fourth-order valence-corrected chi connectivity index (χ4v) is 1.28. The Bertz CT molecular complexity index is 405. The van der Waals surface area contributed by atoms with E-state index in [2.05, 4.69) is 10.1 Å². The maximum atomic E-state index is 11.8. The Kier molecular flexibility index (Phi) is 5.15. The van der Waals surface area contributed by atoms with E-state index in [9.17, 15) is 18.0 Å². The smallest absolute Gasteiger partial charge is 0.372 e. The second kappa shape index (κ2) is 6.39. The van der Waals surface area contributed by atoms with Gasteiger partial charge in [0.15, 0.2) is 0 Å². The molecule has 0 bridgehead atoms. The minimum atomic E-state index is -4.35. The van der Waals surface area contributed by atoms with Crippen molar-refractivity contribution >= 4 is 11.6 Å². The predicted molar refractivity (Wildman–Crippen MR) is 61.3 cm³/mol. The van der Waals surface area contributed by atoms with Crippen LogP contribution >= 0.6 is 0 Å². The molecule has 0 aliphatic heterocycles. The highest BCUT2D eigenvalue weighted by Crippen LogP contribution is 2.15. The molecule has 100 valence electrons. The van der Waals surface area contributed by atoms with Crippen molar-refractivity contribution in [3.8, 4) is 0 Å². The average Bonchev–Trinajstić information content (AvgIpc) is 2.26. The van der Waals surface area contributed by atoms with Gasteiger partial charge in [-0.05, 0) is 18.6 Å². The van der Waals surface area contributed by atoms with E-state index < -0.39 is 12.8 Å². The van der Waals surface area contributed by atoms with Crippen molar-refractivity contribution in [1.29, 1.82) is 0 Å². The molecular weight excluding hydrogens is 247 g/mol. The van der Waals surface area contributed by atoms with Crippen molar-refractivity contribution in [2.24, 2.45) is 0 Å². The Morgan fingerprint density at radius 3 is 2.61 bits per heavy atom. The number of amides is 1. The van der Waals surface area contributed by atoms with E-state index in [0.29, 0.717) is 5.69 Å². The summed E-state index contributed by atoms with van der Waals surface area (Å²) in [5.74, 6) is -0.369. The number of carbonyl (C=O) groups excluding carboxylic acids is 1. The van der Waals surface area contributed by atoms with Gasteiger partial charge in [-0.1, -0.05) is 18.2 Å². The third kappa shape index (κ3) is 5.67. The van der Waals surface area contributed by atoms with Crippen molar-refractivity contribution in [2.45, 2.75) is 19.5 Å². The summed E-state index contributed by atoms with van der Waals surface area (Å²) >= 11 is 0. The van der Waals surface area contributed by atoms with Gasteiger partial charge in [0, 0.05) is 5.69 Å². The molecular formula is C12H14F3NO2. The van der Waals surface area contributed by atoms with Gasteiger partial charge in [-0.2, -0.15) is 13.2 Å². The number of nitrogens with one attached hydrogen (secondary N) is 1. The Morgan fingerprint density at radius 1 is 1.33 bits per heavy atom. The molecule has 3 nitrogen and oxygen atoms in total. The molecule has 18 heavy (non-hydrogen) atoms. The lowest BCUT2D eigenvalue weighted by Gasteiger charge is -2.09. The van der Waals surface area contributed by atoms with Crippen molar-refractivity contribution in [1.82, 2.24) is 0 Å². The van der Waals surface area contributed by atoms with E-state index in [1.807, 2.05) is 19.1 Å². The van der Waals surface area contributed by atoms with Crippen LogP contribution in [0.3, 0.4) is 0 Å². The zero-order chi connectivity index (χ0) is 13.6. The third-order valence-electron chi connectivity index (χ3n) is 2.16. The molecule has 0 atom stereocenters. The number of alkyl halides is 3. The largest absolute Gasteiger partial charge is 0.411 e. The maximum Gasteiger partial charge on any atom is 0.411 e. The number of para-hydroxylation sites is 1. The third-order valence-corrected chi connectivity index (χ3v) is 2.16. The summed E-state index contributed by atoms with van der Waals surface area (Å²) in [5.41, 5.74) is 1.54. The molecule has 1 N–H and O–H groups in total. The molecule has 0 saturated heterocycles. The van der Waals surface area contributed by atoms with Gasteiger partial charge in [-0.25, -0.2) is 0 Å². The lowest BCUT2D eigenvalue weighted by atomic mass is 10.2. The molecule has 0 fully saturated rings. The molecule has 0 aliphatic carbocycles. The minimum absolute atomic E-state index is 0.107. The van der Waals surface area contributed by atoms with Gasteiger partial charge >= 0.3 is 6.18 Å². The van der Waals surface area contributed by atoms with Crippen molar-refractivity contribution < 1.29 is 22.7 Å². The van der Waals surface area contributed by atoms with Crippen LogP contribution in [0.1, 0.15) is 12.0 Å². The fourth-order valence-electron chi connectivity index (χ4n) is 1.28. The topological polar surface area (TPSA) is 38.3 Å². The first-order valence-corrected chi connectivity index (χ1v) is 5.38. The lowest BCUT2D eigenvalue weighted by Crippen LogP contribution is -2.20. The van der Waals surface area contributed by atoms with Gasteiger partial charge in [0.2, 0.25) is 5.91 Å². The quantitative estimate of drug-likeness (QED) is 0.828. The van der Waals surface area contributed by atoms with Gasteiger partial charge in [-0.3, -0.25) is 4.79 Å². The Balaban J connectivity index is 2.29. The minimum Gasteiger partial charge on any atom is -0.372 e. The molecule has 0 unspecified atom stereocenters. The van der Waals surface area contributed by atoms with E-state index in [1.165, 1.54) is 0 Å². The summed E-state index contributed by atoms with van der Waals surface area (Å²) in [5, 5.41) is 2.61. The van der Waals surface area contributed by atoms with Crippen LogP contribution < -0.4 is 5.32 Å². The molecule has 0 heterocycles. The van der Waals surface area contributed by atoms with E-state index >= 15 is 0 Å². The number of benzene rings is 1. The summed E-state index contributed by atoms with van der Waals surface area (Å²) in [6, 6.07) is 7.15. The van der Waals surface area contributed by atoms with Crippen LogP contribution in [0.2, 0.25) is 0 Å². The molecule has 1 aromatic rings. The SMILES string of the molecule is Cc1ccccc1NC(=O)CCOCC(F)(F)F. The lowest BCUT2D eigenvalue weighted by molar-refractivity contribution is -0.174. The van der Waals surface area contributed by atoms with Crippen molar-refractivity contribution in [2.75, 3.05) is 18.5 Å². The summed E-state index contributed by atoms with van der Waals surface area (Å²) in [6.07, 6.45) is -4.46. The highest BCUT2D eigenvalue weighted by Gasteiger charge is 2.27. The van der Waals surface area contributed by atoms with Gasteiger partial charge < -0.3 is 10.1 Å². The molecule has 0 spiro atoms. The molecule has 0 aromatic heterocycles. The van der Waals surface area contributed by atoms with Crippen LogP contribution in [0.25, 0.3) is 0 Å². The van der Waals surface area contributed by atoms with Gasteiger partial charge in [0.05, 0.1) is 13.0 Å². The van der Waals surface area contributed by atoms with Crippen LogP contribution in [-0.4, -0.2) is 25.3 Å². The first kappa shape index (κ1) is 14.5. The highest BCUT2D eigenvalue weighted by molar-refractivity contribution is 5.91. The summed E-state index contributed by atoms with van der Waals surface area (Å²) in [4.78, 5) is 11.4. The Morgan fingerprint density at radius 2 is 2.00 bits per heavy atom. The number of hydrogen-bond donors (Lipinski definition) is 1. The molecule has 0 aliphatic rings. The number of ether oxygens (including phenoxy) is 1. The molecule has 1 amide bonds. The van der Waals surface area contributed by atoms with Crippen molar-refractivity contribution in [3.05, 3.63) is 29.8 Å². The van der Waals surface area contributed by atoms with Crippen LogP contribution in [0.5, 0.6) is 0 Å². The number of rotatable bonds is 5. The van der Waals surface area contributed by atoms with Crippen LogP contribution in [0.15, 0.2) is 24.3 Å². The summed E-state index contributed by atoms with van der Waals surface area (Å²) in [6.45, 7) is 0.248. The normalized spacial score (nSPS) is 11.3. The van der Waals surface area contributed by atoms with E-state index in [0.717, 1.165) is 5.56 Å². The summed E-state index contributed by atoms with van der Waals surface area (Å²) < 4.78 is 39.6. The molecule has 6 heteroatoms. The van der Waals surface area contributed by atoms with E-state index in [1.54, 1.807) is 12.1 Å². The number of aryl methyl sites for hydroxylation is 1. The number of hydrogen-bond acceptors (Lipinski definition) is 2. The van der Waals surface area contributed by atoms with Crippen LogP contribution in [0, 0.1) is 6.92 Å². The van der Waals surface area contributed by atoms with Gasteiger partial charge in [0.25, 0.3) is 0 Å². The second-order valence-electron chi connectivity index (χ2n) is 3.78. The predicted octanol–water partition coefficient (Wildman–Crippen LogP) is 2.90. The van der Waals surface area contributed by atoms with Crippen LogP contribution in [-0.2, 0) is 9.53 Å². The zero-order valence-electron chi connectivity index (χ0n) is 9.88. The molecule has 1 rings (SSSR count). The summed E-state index contributed by atoms with van der Waals surface area (Å²) in [7, 11) is 0. The van der Waals surface area contributed by atoms with Crippen LogP contribution in [0.4, 0.5) is 18.9 Å². The van der Waals surface area contributed by atoms with E-state index in [-0.39, 0.29) is 18.9 Å². The monoisotopic (exact) mass is 261 g/mol. The average molecular weight is 261 g/mol. The van der Waals surface area contributed by atoms with E-state index in [4.69, 9.17) is 0 Å². The molecule has 0 radical (unpaired) electrons. The fraction of sp³-hybridized carbons (Fsp3) is 0.417. The first-order chi connectivity index (χ1) is 8.38. The molecule has 1 aromatic carbocycles. The highest BCUT2D eigenvalue weighted by atomic mass is 19.4. The van der Waals surface area contributed by atoms with Gasteiger partial charge in [-0.15, -0.1) is 0 Å². The van der Waals surface area contributed by atoms with Gasteiger partial charge in [0.1, 0.15) is 6.61 Å². The molecule has 0 saturated carbocycles. The standard InChI is InChI=1S/C12H14F3NO2/c1-9-4-2-3-5-10(9)16-11(17)6-7-18-8-12(13,14)15/h2-5H,6-8H2,1H3,(H,16,17).